The predicted molar refractivity (Wildman–Crippen MR) is 89.6 cm³/mol. The van der Waals surface area contributed by atoms with Gasteiger partial charge in [-0.05, 0) is 37.1 Å². The molecule has 2 bridgehead atoms. The number of carboxylic acids is 1. The highest BCUT2D eigenvalue weighted by Gasteiger charge is 2.31. The van der Waals surface area contributed by atoms with Gasteiger partial charge in [-0.25, -0.2) is 9.59 Å². The number of nitrogens with zero attached hydrogens (tertiary/aromatic N) is 1. The minimum Gasteiger partial charge on any atom is -0.481 e. The number of hydrogen-bond donors (Lipinski definition) is 1. The first-order chi connectivity index (χ1) is 12.4. The molecule has 1 aromatic rings. The summed E-state index contributed by atoms with van der Waals surface area (Å²) in [5.41, 5.74) is 0.911. The Bertz CT molecular complexity index is 644. The van der Waals surface area contributed by atoms with Crippen LogP contribution in [0.1, 0.15) is 40.0 Å². The van der Waals surface area contributed by atoms with Gasteiger partial charge in [0.1, 0.15) is 0 Å². The molecule has 0 spiro atoms. The number of carboxylic acid groups (broad SMARTS) is 1. The molecule has 26 heavy (non-hydrogen) atoms. The molecule has 3 aliphatic rings. The van der Waals surface area contributed by atoms with Crippen molar-refractivity contribution in [3.8, 4) is 0 Å². The minimum atomic E-state index is -0.877. The Morgan fingerprint density at radius 2 is 1.46 bits per heavy atom. The summed E-state index contributed by atoms with van der Waals surface area (Å²) in [6.45, 7) is 1.07. The fraction of sp³-hybridized carbons (Fsp3) is 0.444. The highest BCUT2D eigenvalue weighted by Crippen LogP contribution is 2.15. The molecule has 3 heterocycles. The van der Waals surface area contributed by atoms with E-state index < -0.39 is 11.9 Å². The lowest BCUT2D eigenvalue weighted by Gasteiger charge is -2.09. The number of amides is 1. The number of fused-ring (bicyclic) bond motifs is 9. The molecule has 1 atom stereocenters. The summed E-state index contributed by atoms with van der Waals surface area (Å²) in [4.78, 5) is 45.5. The first-order valence-corrected chi connectivity index (χ1v) is 8.29. The van der Waals surface area contributed by atoms with Crippen molar-refractivity contribution < 1.29 is 33.8 Å². The number of likely N-dealkylation sites (tertiary alicyclic amines) is 1. The van der Waals surface area contributed by atoms with Crippen LogP contribution in [0, 0.1) is 5.92 Å². The second-order valence-corrected chi connectivity index (χ2v) is 6.07. The van der Waals surface area contributed by atoms with Crippen LogP contribution < -0.4 is 0 Å². The molecular formula is C18H21NO7. The van der Waals surface area contributed by atoms with Crippen molar-refractivity contribution in [2.45, 2.75) is 19.3 Å². The summed E-state index contributed by atoms with van der Waals surface area (Å²) < 4.78 is 10.1. The van der Waals surface area contributed by atoms with Gasteiger partial charge in [0.15, 0.2) is 0 Å². The van der Waals surface area contributed by atoms with Crippen LogP contribution >= 0.6 is 0 Å². The van der Waals surface area contributed by atoms with Gasteiger partial charge in [0.05, 0.1) is 30.3 Å². The third kappa shape index (κ3) is 5.30. The number of carbonyl (C=O) groups excluding carboxylic acids is 3. The molecular weight excluding hydrogens is 342 g/mol. The molecule has 1 amide bonds. The van der Waals surface area contributed by atoms with Crippen LogP contribution in [-0.2, 0) is 19.1 Å². The summed E-state index contributed by atoms with van der Waals surface area (Å²) >= 11 is 0. The SMILES string of the molecule is CN1CC(C(=O)O)CC1=O.O=C1OCCCCOC(=O)c2ccc1cc2. The summed E-state index contributed by atoms with van der Waals surface area (Å²) in [5.74, 6) is -2.14. The topological polar surface area (TPSA) is 110 Å². The van der Waals surface area contributed by atoms with Crippen molar-refractivity contribution in [1.82, 2.24) is 4.90 Å². The van der Waals surface area contributed by atoms with Gasteiger partial charge in [-0.15, -0.1) is 0 Å². The second kappa shape index (κ2) is 8.98. The molecule has 0 saturated carbocycles. The van der Waals surface area contributed by atoms with E-state index in [0.717, 1.165) is 0 Å². The van der Waals surface area contributed by atoms with Crippen LogP contribution in [0.2, 0.25) is 0 Å². The summed E-state index contributed by atoms with van der Waals surface area (Å²) in [6, 6.07) is 6.28. The Hall–Kier alpha value is -2.90. The molecule has 8 nitrogen and oxygen atoms in total. The average Bonchev–Trinajstić information content (AvgIpc) is 2.96. The van der Waals surface area contributed by atoms with Gasteiger partial charge >= 0.3 is 17.9 Å². The normalized spacial score (nSPS) is 20.3. The fourth-order valence-corrected chi connectivity index (χ4v) is 2.47. The Morgan fingerprint density at radius 1 is 1.00 bits per heavy atom. The maximum absolute atomic E-state index is 11.5. The van der Waals surface area contributed by atoms with Crippen LogP contribution in [0.4, 0.5) is 0 Å². The molecule has 0 aliphatic carbocycles. The highest BCUT2D eigenvalue weighted by molar-refractivity contribution is 5.93. The van der Waals surface area contributed by atoms with Crippen molar-refractivity contribution in [2.24, 2.45) is 5.92 Å². The molecule has 1 aromatic carbocycles. The van der Waals surface area contributed by atoms with E-state index in [4.69, 9.17) is 14.6 Å². The lowest BCUT2D eigenvalue weighted by atomic mass is 10.1. The standard InChI is InChI=1S/C12H12O4.C6H9NO3/c13-11-9-3-5-10(6-4-9)12(14)16-8-2-1-7-15-11;1-7-3-4(6(9)10)2-5(7)8/h3-6H,1-2,7-8H2;4H,2-3H2,1H3,(H,9,10). The molecule has 0 radical (unpaired) electrons. The van der Waals surface area contributed by atoms with Crippen LogP contribution in [-0.4, -0.2) is 60.6 Å². The van der Waals surface area contributed by atoms with Gasteiger partial charge in [0.2, 0.25) is 5.91 Å². The van der Waals surface area contributed by atoms with Crippen molar-refractivity contribution in [2.75, 3.05) is 26.8 Å². The van der Waals surface area contributed by atoms with Gasteiger partial charge in [0, 0.05) is 20.0 Å². The van der Waals surface area contributed by atoms with Gasteiger partial charge in [-0.3, -0.25) is 9.59 Å². The van der Waals surface area contributed by atoms with Crippen LogP contribution in [0.3, 0.4) is 0 Å². The molecule has 3 aliphatic heterocycles. The van der Waals surface area contributed by atoms with Crippen LogP contribution in [0.25, 0.3) is 0 Å². The Kier molecular flexibility index (Phi) is 6.71. The zero-order chi connectivity index (χ0) is 19.1. The van der Waals surface area contributed by atoms with Gasteiger partial charge in [-0.2, -0.15) is 0 Å². The van der Waals surface area contributed by atoms with Gasteiger partial charge < -0.3 is 19.5 Å². The van der Waals surface area contributed by atoms with E-state index in [1.54, 1.807) is 31.3 Å². The van der Waals surface area contributed by atoms with Crippen molar-refractivity contribution >= 4 is 23.8 Å². The number of benzene rings is 1. The quantitative estimate of drug-likeness (QED) is 0.750. The number of ether oxygens (including phenoxy) is 2. The van der Waals surface area contributed by atoms with E-state index in [2.05, 4.69) is 0 Å². The highest BCUT2D eigenvalue weighted by atomic mass is 16.5. The summed E-state index contributed by atoms with van der Waals surface area (Å²) in [5, 5.41) is 8.47. The lowest BCUT2D eigenvalue weighted by molar-refractivity contribution is -0.141. The van der Waals surface area contributed by atoms with E-state index in [-0.39, 0.29) is 24.3 Å². The largest absolute Gasteiger partial charge is 0.481 e. The minimum absolute atomic E-state index is 0.0765. The number of esters is 2. The Labute approximate surface area is 150 Å². The monoisotopic (exact) mass is 363 g/mol. The van der Waals surface area contributed by atoms with Gasteiger partial charge in [-0.1, -0.05) is 0 Å². The summed E-state index contributed by atoms with van der Waals surface area (Å²) in [7, 11) is 1.62. The number of rotatable bonds is 1. The predicted octanol–water partition coefficient (Wildman–Crippen LogP) is 1.34. The lowest BCUT2D eigenvalue weighted by Crippen LogP contribution is -2.20. The van der Waals surface area contributed by atoms with Crippen LogP contribution in [0.5, 0.6) is 0 Å². The molecule has 1 N–H and O–H groups in total. The zero-order valence-electron chi connectivity index (χ0n) is 14.5. The first-order valence-electron chi connectivity index (χ1n) is 8.29. The maximum atomic E-state index is 11.5. The third-order valence-electron chi connectivity index (χ3n) is 4.05. The first kappa shape index (κ1) is 19.4. The Balaban J connectivity index is 0.000000209. The van der Waals surface area contributed by atoms with E-state index >= 15 is 0 Å². The molecule has 8 heteroatoms. The van der Waals surface area contributed by atoms with Crippen molar-refractivity contribution in [3.63, 3.8) is 0 Å². The third-order valence-corrected chi connectivity index (χ3v) is 4.05. The molecule has 1 fully saturated rings. The number of aliphatic carboxylic acids is 1. The van der Waals surface area contributed by atoms with Crippen LogP contribution in [0.15, 0.2) is 24.3 Å². The molecule has 1 saturated heterocycles. The number of carbonyl (C=O) groups is 4. The second-order valence-electron chi connectivity index (χ2n) is 6.07. The molecule has 0 aromatic heterocycles. The average molecular weight is 363 g/mol. The smallest absolute Gasteiger partial charge is 0.338 e. The molecule has 4 rings (SSSR count). The summed E-state index contributed by atoms with van der Waals surface area (Å²) in [6.07, 6.45) is 1.57. The Morgan fingerprint density at radius 3 is 1.77 bits per heavy atom. The molecule has 1 unspecified atom stereocenters. The zero-order valence-corrected chi connectivity index (χ0v) is 14.5. The van der Waals surface area contributed by atoms with E-state index in [0.29, 0.717) is 43.7 Å². The van der Waals surface area contributed by atoms with E-state index in [1.807, 2.05) is 0 Å². The van der Waals surface area contributed by atoms with E-state index in [1.165, 1.54) is 4.90 Å². The fourth-order valence-electron chi connectivity index (χ4n) is 2.47. The van der Waals surface area contributed by atoms with Crippen molar-refractivity contribution in [1.29, 1.82) is 0 Å². The van der Waals surface area contributed by atoms with E-state index in [9.17, 15) is 19.2 Å². The van der Waals surface area contributed by atoms with Crippen molar-refractivity contribution in [3.05, 3.63) is 35.4 Å². The number of hydrogen-bond acceptors (Lipinski definition) is 6. The van der Waals surface area contributed by atoms with Gasteiger partial charge in [0.25, 0.3) is 0 Å². The maximum Gasteiger partial charge on any atom is 0.338 e. The molecule has 140 valence electrons.